The third kappa shape index (κ3) is 4.03. The fraction of sp³-hybridized carbons (Fsp3) is 0.333. The van der Waals surface area contributed by atoms with Crippen molar-refractivity contribution in [2.75, 3.05) is 19.7 Å². The maximum Gasteiger partial charge on any atom is 0.138 e. The van der Waals surface area contributed by atoms with Crippen LogP contribution in [0.15, 0.2) is 49.8 Å². The summed E-state index contributed by atoms with van der Waals surface area (Å²) >= 11 is 9.65. The molecule has 2 aliphatic heterocycles. The van der Waals surface area contributed by atoms with Crippen molar-refractivity contribution in [1.82, 2.24) is 5.32 Å². The van der Waals surface area contributed by atoms with Crippen LogP contribution in [0.1, 0.15) is 18.4 Å². The van der Waals surface area contributed by atoms with E-state index in [1.807, 2.05) is 0 Å². The van der Waals surface area contributed by atoms with Gasteiger partial charge in [0.2, 0.25) is 0 Å². The van der Waals surface area contributed by atoms with Gasteiger partial charge in [-0.2, -0.15) is 0 Å². The van der Waals surface area contributed by atoms with Crippen molar-refractivity contribution in [2.24, 2.45) is 0 Å². The fourth-order valence-electron chi connectivity index (χ4n) is 3.14. The molecule has 0 atom stereocenters. The number of rotatable bonds is 0. The summed E-state index contributed by atoms with van der Waals surface area (Å²) in [6.07, 6.45) is 2.39. The molecule has 0 radical (unpaired) electrons. The van der Waals surface area contributed by atoms with E-state index in [9.17, 15) is 4.39 Å². The van der Waals surface area contributed by atoms with E-state index in [0.29, 0.717) is 9.89 Å². The van der Waals surface area contributed by atoms with E-state index in [-0.39, 0.29) is 5.82 Å². The Morgan fingerprint density at radius 3 is 2.29 bits per heavy atom. The van der Waals surface area contributed by atoms with Crippen LogP contribution in [0.5, 0.6) is 5.75 Å². The molecule has 0 aromatic heterocycles. The van der Waals surface area contributed by atoms with Crippen LogP contribution in [0.3, 0.4) is 0 Å². The van der Waals surface area contributed by atoms with Crippen molar-refractivity contribution >= 4 is 47.8 Å². The van der Waals surface area contributed by atoms with E-state index in [2.05, 4.69) is 71.3 Å². The smallest absolute Gasteiger partial charge is 0.138 e. The van der Waals surface area contributed by atoms with Gasteiger partial charge in [-0.1, -0.05) is 37.9 Å². The molecule has 24 heavy (non-hydrogen) atoms. The number of nitrogens with one attached hydrogen (secondary N) is 1. The second-order valence-corrected chi connectivity index (χ2v) is 8.70. The van der Waals surface area contributed by atoms with Gasteiger partial charge in [-0.25, -0.2) is 4.39 Å². The highest BCUT2D eigenvalue weighted by atomic mass is 79.9. The molecule has 2 heterocycles. The Balaban J connectivity index is 0.000000162. The largest absolute Gasteiger partial charge is 0.492 e. The lowest BCUT2D eigenvalue weighted by Gasteiger charge is -2.32. The molecule has 0 amide bonds. The van der Waals surface area contributed by atoms with Gasteiger partial charge >= 0.3 is 0 Å². The van der Waals surface area contributed by atoms with Crippen LogP contribution in [-0.4, -0.2) is 19.7 Å². The van der Waals surface area contributed by atoms with E-state index in [1.54, 1.807) is 12.1 Å². The molecule has 128 valence electrons. The van der Waals surface area contributed by atoms with Gasteiger partial charge in [0.05, 0.1) is 11.1 Å². The predicted molar refractivity (Wildman–Crippen MR) is 105 cm³/mol. The van der Waals surface area contributed by atoms with Crippen LogP contribution in [0.4, 0.5) is 4.39 Å². The Kier molecular flexibility index (Phi) is 6.01. The molecule has 0 saturated carbocycles. The number of ether oxygens (including phenoxy) is 1. The van der Waals surface area contributed by atoms with Gasteiger partial charge in [0.1, 0.15) is 11.6 Å². The van der Waals surface area contributed by atoms with Gasteiger partial charge < -0.3 is 10.1 Å². The van der Waals surface area contributed by atoms with Crippen LogP contribution < -0.4 is 10.1 Å². The summed E-state index contributed by atoms with van der Waals surface area (Å²) < 4.78 is 20.7. The minimum Gasteiger partial charge on any atom is -0.492 e. The molecule has 4 rings (SSSR count). The molecule has 6 heteroatoms. The normalized spacial score (nSPS) is 17.7. The maximum absolute atomic E-state index is 12.5. The van der Waals surface area contributed by atoms with Gasteiger partial charge in [-0.3, -0.25) is 0 Å². The summed E-state index contributed by atoms with van der Waals surface area (Å²) in [6, 6.07) is 11.3. The first-order valence-corrected chi connectivity index (χ1v) is 10.1. The van der Waals surface area contributed by atoms with E-state index < -0.39 is 0 Å². The highest BCUT2D eigenvalue weighted by Gasteiger charge is 2.41. The summed E-state index contributed by atoms with van der Waals surface area (Å²) in [5.41, 5.74) is 1.70. The zero-order valence-electron chi connectivity index (χ0n) is 12.9. The Morgan fingerprint density at radius 2 is 1.62 bits per heavy atom. The van der Waals surface area contributed by atoms with E-state index in [0.717, 1.165) is 34.4 Å². The second-order valence-electron chi connectivity index (χ2n) is 6.02. The molecule has 1 N–H and O–H groups in total. The highest BCUT2D eigenvalue weighted by molar-refractivity contribution is 9.11. The number of hydrogen-bond acceptors (Lipinski definition) is 2. The molecule has 2 aliphatic rings. The third-order valence-electron chi connectivity index (χ3n) is 4.46. The predicted octanol–water partition coefficient (Wildman–Crippen LogP) is 5.81. The molecular formula is C18H17Br3FNO. The van der Waals surface area contributed by atoms with Crippen molar-refractivity contribution in [1.29, 1.82) is 0 Å². The van der Waals surface area contributed by atoms with Gasteiger partial charge in [-0.15, -0.1) is 0 Å². The van der Waals surface area contributed by atoms with Crippen molar-refractivity contribution in [3.63, 3.8) is 0 Å². The van der Waals surface area contributed by atoms with E-state index >= 15 is 0 Å². The lowest BCUT2D eigenvalue weighted by Crippen LogP contribution is -2.40. The molecule has 2 nitrogen and oxygen atoms in total. The molecule has 1 saturated heterocycles. The van der Waals surface area contributed by atoms with Crippen molar-refractivity contribution in [3.05, 3.63) is 61.2 Å². The summed E-state index contributed by atoms with van der Waals surface area (Å²) in [5, 5.41) is 3.41. The van der Waals surface area contributed by atoms with Crippen LogP contribution in [0.2, 0.25) is 0 Å². The third-order valence-corrected chi connectivity index (χ3v) is 6.09. The van der Waals surface area contributed by atoms with Crippen LogP contribution in [-0.2, 0) is 5.41 Å². The molecule has 0 aliphatic carbocycles. The fourth-order valence-corrected chi connectivity index (χ4v) is 4.06. The van der Waals surface area contributed by atoms with Crippen molar-refractivity contribution < 1.29 is 9.13 Å². The number of fused-ring (bicyclic) bond motifs is 2. The summed E-state index contributed by atoms with van der Waals surface area (Å²) in [6.45, 7) is 3.08. The topological polar surface area (TPSA) is 21.3 Å². The molecule has 2 aromatic carbocycles. The first-order valence-electron chi connectivity index (χ1n) is 7.74. The number of hydrogen-bond donors (Lipinski definition) is 1. The minimum atomic E-state index is -0.246. The lowest BCUT2D eigenvalue weighted by atomic mass is 9.75. The second kappa shape index (κ2) is 7.85. The molecule has 2 aromatic rings. The van der Waals surface area contributed by atoms with Gasteiger partial charge in [0.15, 0.2) is 0 Å². The van der Waals surface area contributed by atoms with Gasteiger partial charge in [0.25, 0.3) is 0 Å². The number of piperidine rings is 1. The van der Waals surface area contributed by atoms with Crippen molar-refractivity contribution in [2.45, 2.75) is 18.3 Å². The lowest BCUT2D eigenvalue weighted by molar-refractivity contribution is 0.220. The zero-order valence-corrected chi connectivity index (χ0v) is 17.7. The van der Waals surface area contributed by atoms with Gasteiger partial charge in [-0.05, 0) is 72.2 Å². The molecule has 0 unspecified atom stereocenters. The molecule has 1 spiro atoms. The quantitative estimate of drug-likeness (QED) is 0.442. The Morgan fingerprint density at radius 1 is 0.958 bits per heavy atom. The van der Waals surface area contributed by atoms with Gasteiger partial charge in [0, 0.05) is 19.9 Å². The first-order chi connectivity index (χ1) is 11.5. The number of benzene rings is 2. The maximum atomic E-state index is 12.5. The van der Waals surface area contributed by atoms with E-state index in [4.69, 9.17) is 4.74 Å². The molecule has 0 bridgehead atoms. The van der Waals surface area contributed by atoms with Crippen LogP contribution in [0.25, 0.3) is 0 Å². The molecule has 1 fully saturated rings. The summed E-state index contributed by atoms with van der Waals surface area (Å²) in [7, 11) is 0. The van der Waals surface area contributed by atoms with Crippen molar-refractivity contribution in [3.8, 4) is 5.75 Å². The van der Waals surface area contributed by atoms with Crippen LogP contribution in [0, 0.1) is 5.82 Å². The Hall–Kier alpha value is -0.430. The Bertz CT molecular complexity index is 732. The minimum absolute atomic E-state index is 0.246. The highest BCUT2D eigenvalue weighted by Crippen LogP contribution is 2.45. The number of halogens is 4. The zero-order chi connectivity index (χ0) is 17.2. The standard InChI is InChI=1S/C12H14BrNO.C6H3Br2F/c13-9-1-2-10-11(7-9)15-8-12(10)3-5-14-6-4-12;7-4-1-2-5(8)6(9)3-4/h1-2,7,14H,3-6,8H2;1-3H. The van der Waals surface area contributed by atoms with E-state index in [1.165, 1.54) is 24.5 Å². The average Bonchev–Trinajstić information content (AvgIpc) is 2.90. The summed E-state index contributed by atoms with van der Waals surface area (Å²) in [4.78, 5) is 0. The first kappa shape index (κ1) is 18.4. The van der Waals surface area contributed by atoms with Crippen LogP contribution >= 0.6 is 47.8 Å². The monoisotopic (exact) mass is 519 g/mol. The molecular weight excluding hydrogens is 505 g/mol. The SMILES string of the molecule is Brc1ccc2c(c1)OCC21CCNCC1.Fc1cc(Br)ccc1Br. The summed E-state index contributed by atoms with van der Waals surface area (Å²) in [5.74, 6) is 0.829. The Labute approximate surface area is 166 Å². The average molecular weight is 522 g/mol.